The van der Waals surface area contributed by atoms with Gasteiger partial charge in [0.25, 0.3) is 23.2 Å². The van der Waals surface area contributed by atoms with E-state index in [1.54, 1.807) is 29.6 Å². The Morgan fingerprint density at radius 2 is 1.41 bits per heavy atom. The van der Waals surface area contributed by atoms with Gasteiger partial charge in [-0.3, -0.25) is 9.59 Å². The van der Waals surface area contributed by atoms with Crippen molar-refractivity contribution in [2.75, 3.05) is 13.1 Å². The molecule has 2 amide bonds. The Balaban J connectivity index is 1.26. The predicted octanol–water partition coefficient (Wildman–Crippen LogP) is 8.99. The van der Waals surface area contributed by atoms with E-state index >= 15 is 0 Å². The van der Waals surface area contributed by atoms with Gasteiger partial charge in [0.1, 0.15) is 15.1 Å². The maximum absolute atomic E-state index is 13.3. The summed E-state index contributed by atoms with van der Waals surface area (Å²) in [7, 11) is 0. The second kappa shape index (κ2) is 11.6. The first kappa shape index (κ1) is 33.0. The minimum atomic E-state index is -0.504. The summed E-state index contributed by atoms with van der Waals surface area (Å²) in [6.07, 6.45) is 2.11. The van der Waals surface area contributed by atoms with E-state index in [0.717, 1.165) is 38.6 Å². The van der Waals surface area contributed by atoms with Crippen LogP contribution < -0.4 is 0 Å². The number of thioether (sulfide) groups is 2. The SMILES string of the molecule is [C-]#[N+]/C(C#N)=C1\SC(=Nc2cc3sc4c5c(sc4c3s2)C2=C(C=C(N=C3S/C(=C(\C#N)[N+]#[C-])N(CC)C3=O)C2(C)C)C5(C)C)C(=O)N1CC. The van der Waals surface area contributed by atoms with Gasteiger partial charge in [0.15, 0.2) is 10.1 Å². The fourth-order valence-corrected chi connectivity index (χ4v) is 13.3. The van der Waals surface area contributed by atoms with Gasteiger partial charge in [-0.05, 0) is 42.7 Å². The molecule has 10 nitrogen and oxygen atoms in total. The van der Waals surface area contributed by atoms with E-state index in [4.69, 9.17) is 23.1 Å². The zero-order chi connectivity index (χ0) is 35.2. The van der Waals surface area contributed by atoms with E-state index in [0.29, 0.717) is 28.1 Å². The van der Waals surface area contributed by atoms with Crippen LogP contribution in [0.4, 0.5) is 5.00 Å². The number of hydrogen-bond donors (Lipinski definition) is 0. The molecule has 0 unspecified atom stereocenters. The van der Waals surface area contributed by atoms with Crippen molar-refractivity contribution in [2.24, 2.45) is 15.4 Å². The molecule has 49 heavy (non-hydrogen) atoms. The Labute approximate surface area is 302 Å². The number of carbonyl (C=O) groups excluding carboxylic acids is 2. The topological polar surface area (TPSA) is 122 Å². The van der Waals surface area contributed by atoms with Crippen LogP contribution in [0.1, 0.15) is 52.0 Å². The summed E-state index contributed by atoms with van der Waals surface area (Å²) in [5.74, 6) is -0.611. The van der Waals surface area contributed by atoms with Crippen LogP contribution in [0, 0.1) is 41.2 Å². The van der Waals surface area contributed by atoms with Crippen molar-refractivity contribution < 1.29 is 9.59 Å². The van der Waals surface area contributed by atoms with Gasteiger partial charge >= 0.3 is 0 Å². The van der Waals surface area contributed by atoms with Crippen LogP contribution in [0.2, 0.25) is 0 Å². The molecule has 3 aromatic heterocycles. The summed E-state index contributed by atoms with van der Waals surface area (Å²) in [4.78, 5) is 46.7. The van der Waals surface area contributed by atoms with E-state index in [-0.39, 0.29) is 38.7 Å². The second-order valence-corrected chi connectivity index (χ2v) is 17.4. The molecule has 0 aromatic carbocycles. The van der Waals surface area contributed by atoms with Gasteiger partial charge in [0, 0.05) is 33.5 Å². The van der Waals surface area contributed by atoms with Gasteiger partial charge in [0.2, 0.25) is 0 Å². The summed E-state index contributed by atoms with van der Waals surface area (Å²) in [5, 5.41) is 20.7. The van der Waals surface area contributed by atoms with Gasteiger partial charge in [-0.15, -0.1) is 34.0 Å². The van der Waals surface area contributed by atoms with Crippen LogP contribution >= 0.6 is 57.5 Å². The van der Waals surface area contributed by atoms with Crippen molar-refractivity contribution in [2.45, 2.75) is 47.0 Å². The monoisotopic (exact) mass is 736 g/mol. The normalized spacial score (nSPS) is 22.9. The van der Waals surface area contributed by atoms with Crippen molar-refractivity contribution >= 4 is 109 Å². The van der Waals surface area contributed by atoms with E-state index in [2.05, 4.69) is 43.5 Å². The molecule has 2 fully saturated rings. The van der Waals surface area contributed by atoms with Crippen LogP contribution in [0.15, 0.2) is 54.8 Å². The third-order valence-corrected chi connectivity index (χ3v) is 14.9. The highest BCUT2D eigenvalue weighted by atomic mass is 32.2. The first-order valence-electron chi connectivity index (χ1n) is 15.0. The maximum atomic E-state index is 13.3. The fraction of sp³-hybridized carbons (Fsp3) is 0.294. The molecule has 3 aromatic rings. The highest BCUT2D eigenvalue weighted by Crippen LogP contribution is 2.65. The third-order valence-electron chi connectivity index (χ3n) is 8.95. The molecule has 0 atom stereocenters. The number of fused-ring (bicyclic) bond motifs is 6. The Bertz CT molecular complexity index is 2440. The highest BCUT2D eigenvalue weighted by Gasteiger charge is 2.50. The van der Waals surface area contributed by atoms with Crippen LogP contribution in [-0.4, -0.2) is 44.8 Å². The van der Waals surface area contributed by atoms with Gasteiger partial charge in [-0.1, -0.05) is 51.2 Å². The number of aliphatic imine (C=N–C) groups is 2. The lowest BCUT2D eigenvalue weighted by molar-refractivity contribution is -0.121. The smallest absolute Gasteiger partial charge is 0.291 e. The molecule has 15 heteroatoms. The van der Waals surface area contributed by atoms with Gasteiger partial charge in [0.05, 0.1) is 45.1 Å². The Morgan fingerprint density at radius 1 is 0.837 bits per heavy atom. The van der Waals surface area contributed by atoms with E-state index in [9.17, 15) is 20.1 Å². The van der Waals surface area contributed by atoms with Crippen molar-refractivity contribution in [3.8, 4) is 12.1 Å². The number of carbonyl (C=O) groups is 2. The molecule has 2 saturated heterocycles. The lowest BCUT2D eigenvalue weighted by Gasteiger charge is -2.24. The first-order chi connectivity index (χ1) is 23.4. The molecular formula is C34H24N8O2S5. The summed E-state index contributed by atoms with van der Waals surface area (Å²) < 4.78 is 4.61. The molecule has 5 heterocycles. The number of amides is 2. The van der Waals surface area contributed by atoms with Crippen LogP contribution in [0.5, 0.6) is 0 Å². The lowest BCUT2D eigenvalue weighted by atomic mass is 9.82. The van der Waals surface area contributed by atoms with E-state index in [1.165, 1.54) is 52.1 Å². The Hall–Kier alpha value is -4.48. The van der Waals surface area contributed by atoms with E-state index in [1.807, 2.05) is 25.1 Å². The molecule has 242 valence electrons. The number of nitriles is 2. The molecule has 0 saturated carbocycles. The molecular weight excluding hydrogens is 713 g/mol. The quantitative estimate of drug-likeness (QED) is 0.195. The van der Waals surface area contributed by atoms with E-state index < -0.39 is 5.41 Å². The first-order valence-corrected chi connectivity index (χ1v) is 19.1. The van der Waals surface area contributed by atoms with Crippen molar-refractivity contribution in [1.29, 1.82) is 10.5 Å². The molecule has 0 N–H and O–H groups in total. The van der Waals surface area contributed by atoms with Crippen molar-refractivity contribution in [3.63, 3.8) is 0 Å². The lowest BCUT2D eigenvalue weighted by Crippen LogP contribution is -2.27. The average molecular weight is 737 g/mol. The zero-order valence-corrected chi connectivity index (χ0v) is 31.1. The van der Waals surface area contributed by atoms with Crippen molar-refractivity contribution in [1.82, 2.24) is 9.80 Å². The number of nitrogens with zero attached hydrogens (tertiary/aromatic N) is 8. The van der Waals surface area contributed by atoms with Crippen molar-refractivity contribution in [3.05, 3.63) is 78.1 Å². The fourth-order valence-electron chi connectivity index (χ4n) is 6.54. The average Bonchev–Trinajstić information content (AvgIpc) is 3.90. The Morgan fingerprint density at radius 3 is 1.94 bits per heavy atom. The molecule has 2 aliphatic carbocycles. The minimum Gasteiger partial charge on any atom is -0.309 e. The summed E-state index contributed by atoms with van der Waals surface area (Å²) in [6.45, 7) is 27.7. The summed E-state index contributed by atoms with van der Waals surface area (Å²) in [6, 6.07) is 5.81. The molecule has 7 rings (SSSR count). The summed E-state index contributed by atoms with van der Waals surface area (Å²) >= 11 is 7.16. The summed E-state index contributed by atoms with van der Waals surface area (Å²) in [5.41, 5.74) is 3.39. The van der Waals surface area contributed by atoms with Gasteiger partial charge in [-0.2, -0.15) is 0 Å². The minimum absolute atomic E-state index is 0.115. The van der Waals surface area contributed by atoms with Crippen LogP contribution in [0.25, 0.3) is 34.1 Å². The number of hydrogen-bond acceptors (Lipinski definition) is 11. The molecule has 4 aliphatic rings. The highest BCUT2D eigenvalue weighted by molar-refractivity contribution is 8.20. The molecule has 2 aliphatic heterocycles. The number of thiophene rings is 3. The standard InChI is InChI=1S/C34H24N8O2S5/c1-9-41-29(43)27(48-31(41)16(13-35)37-7)39-19-11-15-21(34(19,5)6)24-22(33(15,3)4)25-26(47-24)23-18(45-25)12-20(46-23)40-28-30(44)42(10-2)32(49-28)17(14-36)38-8/h11-12H,9-10H2,1-6H3/b31-16+,32-17-,39-27?,40-28?. The third kappa shape index (κ3) is 4.61. The zero-order valence-electron chi connectivity index (χ0n) is 27.0. The van der Waals surface area contributed by atoms with Gasteiger partial charge in [-0.25, -0.2) is 30.2 Å². The Kier molecular flexibility index (Phi) is 7.79. The van der Waals surface area contributed by atoms with Crippen LogP contribution in [0.3, 0.4) is 0 Å². The molecule has 0 radical (unpaired) electrons. The van der Waals surface area contributed by atoms with Crippen LogP contribution in [-0.2, 0) is 15.0 Å². The predicted molar refractivity (Wildman–Crippen MR) is 200 cm³/mol. The molecule has 0 spiro atoms. The maximum Gasteiger partial charge on any atom is 0.291 e. The largest absolute Gasteiger partial charge is 0.309 e. The van der Waals surface area contributed by atoms with Gasteiger partial charge < -0.3 is 9.80 Å². The molecule has 0 bridgehead atoms. The number of allylic oxidation sites excluding steroid dienone is 5. The second-order valence-electron chi connectivity index (χ2n) is 12.3. The number of rotatable bonds is 4.